The quantitative estimate of drug-likeness (QED) is 0.137. The highest BCUT2D eigenvalue weighted by molar-refractivity contribution is 7.81. The van der Waals surface area contributed by atoms with Crippen LogP contribution in [0.25, 0.3) is 0 Å². The van der Waals surface area contributed by atoms with Gasteiger partial charge in [0.1, 0.15) is 23.7 Å². The molecule has 0 radical (unpaired) electrons. The van der Waals surface area contributed by atoms with Crippen LogP contribution >= 0.6 is 0 Å². The van der Waals surface area contributed by atoms with Crippen LogP contribution in [-0.2, 0) is 35.1 Å². The Morgan fingerprint density at radius 1 is 0.746 bits per heavy atom. The van der Waals surface area contributed by atoms with Gasteiger partial charge in [-0.15, -0.1) is 6.58 Å². The second-order valence-electron chi connectivity index (χ2n) is 22.3. The molecule has 7 fully saturated rings. The van der Waals surface area contributed by atoms with E-state index in [2.05, 4.69) is 73.7 Å². The molecule has 0 aromatic carbocycles. The topological polar surface area (TPSA) is 160 Å². The fourth-order valence-electron chi connectivity index (χ4n) is 14.0. The lowest BCUT2D eigenvalue weighted by molar-refractivity contribution is -0.147. The molecule has 8 atom stereocenters. The summed E-state index contributed by atoms with van der Waals surface area (Å²) in [6.45, 7) is 23.0. The number of hydrogen-bond acceptors (Lipinski definition) is 7. The molecule has 0 aromatic heterocycles. The van der Waals surface area contributed by atoms with Crippen LogP contribution in [0.5, 0.6) is 0 Å². The molecule has 354 valence electrons. The third-order valence-corrected chi connectivity index (χ3v) is 19.9. The lowest BCUT2D eigenvalue weighted by Crippen LogP contribution is -2.65. The Labute approximate surface area is 380 Å². The van der Waals surface area contributed by atoms with Gasteiger partial charge in [0, 0.05) is 37.0 Å². The molecule has 5 amide bonds. The minimum absolute atomic E-state index is 0.0218. The number of hydrogen-bond donors (Lipinski definition) is 4. The summed E-state index contributed by atoms with van der Waals surface area (Å²) >= 11 is -1.78. The van der Waals surface area contributed by atoms with Crippen molar-refractivity contribution in [3.8, 4) is 0 Å². The molecule has 4 N–H and O–H groups in total. The second kappa shape index (κ2) is 18.1. The monoisotopic (exact) mass is 896 g/mol. The largest absolute Gasteiger partial charge is 0.342 e. The molecule has 2 aliphatic heterocycles. The zero-order chi connectivity index (χ0) is 45.8. The van der Waals surface area contributed by atoms with E-state index in [-0.39, 0.29) is 52.0 Å². The van der Waals surface area contributed by atoms with Crippen molar-refractivity contribution in [2.45, 2.75) is 207 Å². The Morgan fingerprint density at radius 2 is 1.35 bits per heavy atom. The number of nitrogens with zero attached hydrogens (tertiary/aromatic N) is 3. The van der Waals surface area contributed by atoms with Gasteiger partial charge in [0.25, 0.3) is 5.91 Å². The van der Waals surface area contributed by atoms with Gasteiger partial charge in [-0.3, -0.25) is 33.6 Å². The molecule has 13 nitrogen and oxygen atoms in total. The summed E-state index contributed by atoms with van der Waals surface area (Å²) in [5.74, 6) is -1.95. The van der Waals surface area contributed by atoms with Gasteiger partial charge in [-0.25, -0.2) is 8.51 Å². The maximum Gasteiger partial charge on any atom is 0.259 e. The van der Waals surface area contributed by atoms with Crippen LogP contribution in [0, 0.1) is 33.0 Å². The van der Waals surface area contributed by atoms with Gasteiger partial charge >= 0.3 is 0 Å². The zero-order valence-corrected chi connectivity index (χ0v) is 40.8. The van der Waals surface area contributed by atoms with Crippen molar-refractivity contribution in [3.05, 3.63) is 12.7 Å². The maximum absolute atomic E-state index is 15.8. The molecular weight excluding hydrogens is 815 g/mol. The van der Waals surface area contributed by atoms with E-state index in [1.165, 1.54) is 0 Å². The summed E-state index contributed by atoms with van der Waals surface area (Å²) < 4.78 is 17.5. The molecule has 63 heavy (non-hydrogen) atoms. The van der Waals surface area contributed by atoms with Gasteiger partial charge in [0.05, 0.1) is 6.04 Å². The molecule has 2 heterocycles. The predicted molar refractivity (Wildman–Crippen MR) is 247 cm³/mol. The van der Waals surface area contributed by atoms with E-state index >= 15 is 14.4 Å². The Kier molecular flexibility index (Phi) is 13.8. The minimum atomic E-state index is -1.78. The summed E-state index contributed by atoms with van der Waals surface area (Å²) in [4.78, 5) is 78.5. The van der Waals surface area contributed by atoms with Crippen LogP contribution in [0.3, 0.4) is 0 Å². The van der Waals surface area contributed by atoms with Crippen molar-refractivity contribution in [1.82, 2.24) is 34.8 Å². The molecular formula is C49H81N7O6S. The van der Waals surface area contributed by atoms with Crippen molar-refractivity contribution in [2.75, 3.05) is 26.2 Å². The number of amides is 5. The van der Waals surface area contributed by atoms with E-state index < -0.39 is 57.5 Å². The van der Waals surface area contributed by atoms with Crippen molar-refractivity contribution < 1.29 is 28.2 Å². The highest BCUT2D eigenvalue weighted by Gasteiger charge is 2.85. The first-order chi connectivity index (χ1) is 29.8. The standard InChI is InChI=1S/C49H81N7O6S/c1-10-34-30-49(34,43(61)53-63(62)54(11-2)12-3)52-40(58)36-31-48(44(6,7)47(48)27-21-28-47)32-56(36)42(60)38(46(9)25-18-14-19-26-46)51-41(59)37(45(8)23-16-13-17-24-45)50-39(57)35-22-15-20-29-55(35)33(4)5/h10,33-38H,1,11-32H2,2-9H3,(H,50,57)(H,51,59)(H,52,58)(H,53,61). The van der Waals surface area contributed by atoms with E-state index in [0.717, 1.165) is 109 Å². The van der Waals surface area contributed by atoms with Crippen molar-refractivity contribution in [1.29, 1.82) is 0 Å². The average Bonchev–Trinajstić information content (AvgIpc) is 3.97. The number of rotatable bonds is 16. The summed E-state index contributed by atoms with van der Waals surface area (Å²) in [7, 11) is 0. The van der Waals surface area contributed by atoms with E-state index in [4.69, 9.17) is 0 Å². The molecule has 0 aromatic rings. The average molecular weight is 896 g/mol. The predicted octanol–water partition coefficient (Wildman–Crippen LogP) is 6.05. The summed E-state index contributed by atoms with van der Waals surface area (Å²) in [5, 5.41) is 9.83. The number of piperidine rings is 1. The van der Waals surface area contributed by atoms with Crippen LogP contribution in [0.4, 0.5) is 0 Å². The van der Waals surface area contributed by atoms with Gasteiger partial charge in [-0.05, 0) is 106 Å². The first-order valence-electron chi connectivity index (χ1n) is 24.9. The molecule has 5 saturated carbocycles. The third kappa shape index (κ3) is 8.24. The first kappa shape index (κ1) is 48.1. The van der Waals surface area contributed by atoms with E-state index in [1.54, 1.807) is 15.3 Å². The molecule has 5 aliphatic carbocycles. The number of fused-ring (bicyclic) bond motifs is 1. The maximum atomic E-state index is 15.8. The third-order valence-electron chi connectivity index (χ3n) is 18.5. The van der Waals surface area contributed by atoms with Crippen molar-refractivity contribution >= 4 is 40.7 Å². The Bertz CT molecular complexity index is 1800. The van der Waals surface area contributed by atoms with Crippen LogP contribution in [-0.4, -0.2) is 110 Å². The van der Waals surface area contributed by atoms with Gasteiger partial charge in [-0.2, -0.15) is 0 Å². The van der Waals surface area contributed by atoms with Crippen molar-refractivity contribution in [2.24, 2.45) is 33.0 Å². The smallest absolute Gasteiger partial charge is 0.259 e. The fourth-order valence-corrected chi connectivity index (χ4v) is 14.9. The highest BCUT2D eigenvalue weighted by Crippen LogP contribution is 2.88. The molecule has 7 aliphatic rings. The summed E-state index contributed by atoms with van der Waals surface area (Å²) in [6.07, 6.45) is 17.5. The first-order valence-corrected chi connectivity index (χ1v) is 26.0. The molecule has 2 spiro atoms. The number of carbonyl (C=O) groups is 5. The molecule has 2 saturated heterocycles. The van der Waals surface area contributed by atoms with E-state index in [9.17, 15) is 13.8 Å². The molecule has 7 rings (SSSR count). The van der Waals surface area contributed by atoms with Gasteiger partial charge < -0.3 is 20.9 Å². The molecule has 14 heteroatoms. The lowest BCUT2D eigenvalue weighted by atomic mass is 9.68. The number of nitrogens with one attached hydrogen (secondary N) is 4. The van der Waals surface area contributed by atoms with Gasteiger partial charge in [-0.1, -0.05) is 99.0 Å². The van der Waals surface area contributed by atoms with Crippen LogP contribution in [0.2, 0.25) is 0 Å². The van der Waals surface area contributed by atoms with Gasteiger partial charge in [0.2, 0.25) is 23.6 Å². The molecule has 8 unspecified atom stereocenters. The Hall–Kier alpha value is -2.84. The Morgan fingerprint density at radius 3 is 1.86 bits per heavy atom. The highest BCUT2D eigenvalue weighted by atomic mass is 32.2. The number of likely N-dealkylation sites (tertiary alicyclic amines) is 2. The van der Waals surface area contributed by atoms with Crippen LogP contribution in [0.1, 0.15) is 171 Å². The minimum Gasteiger partial charge on any atom is -0.342 e. The SMILES string of the molecule is C=CC1CC1(NC(=O)C1CC2(CN1C(=O)C(NC(=O)C(NC(=O)C1CCCCN1C(C)C)C1(C)CCCCC1)C1(C)CCCCC1)C(C)(C)C21CCC1)C(=O)NS(=O)N(CC)CC. The second-order valence-corrected chi connectivity index (χ2v) is 23.5. The van der Waals surface area contributed by atoms with Crippen LogP contribution in [0.15, 0.2) is 12.7 Å². The van der Waals surface area contributed by atoms with Crippen molar-refractivity contribution in [3.63, 3.8) is 0 Å². The normalized spacial score (nSPS) is 32.9. The zero-order valence-electron chi connectivity index (χ0n) is 40.0. The lowest BCUT2D eigenvalue weighted by Gasteiger charge is -2.45. The number of carbonyl (C=O) groups excluding carboxylic acids is 5. The summed E-state index contributed by atoms with van der Waals surface area (Å²) in [6, 6.07) is -2.73. The molecule has 0 bridgehead atoms. The van der Waals surface area contributed by atoms with Crippen LogP contribution < -0.4 is 20.7 Å². The fraction of sp³-hybridized carbons (Fsp3) is 0.857. The summed E-state index contributed by atoms with van der Waals surface area (Å²) in [5.41, 5.74) is -2.75. The van der Waals surface area contributed by atoms with Gasteiger partial charge in [0.15, 0.2) is 11.2 Å². The van der Waals surface area contributed by atoms with E-state index in [0.29, 0.717) is 32.5 Å². The van der Waals surface area contributed by atoms with E-state index in [1.807, 2.05) is 13.8 Å². The Balaban J connectivity index is 1.21.